The van der Waals surface area contributed by atoms with Crippen molar-refractivity contribution in [2.24, 2.45) is 5.73 Å². The van der Waals surface area contributed by atoms with Gasteiger partial charge in [0.1, 0.15) is 12.9 Å². The minimum atomic E-state index is -0.556. The number of nitrogens with zero attached hydrogens (tertiary/aromatic N) is 3. The number of amides is 2. The Kier molecular flexibility index (Phi) is 3.61. The third-order valence-corrected chi connectivity index (χ3v) is 2.59. The predicted octanol–water partition coefficient (Wildman–Crippen LogP) is 0.935. The molecule has 2 amide bonds. The molecule has 98 valence electrons. The van der Waals surface area contributed by atoms with Crippen LogP contribution in [0.1, 0.15) is 0 Å². The lowest BCUT2D eigenvalue weighted by Gasteiger charge is -2.14. The first-order chi connectivity index (χ1) is 9.08. The van der Waals surface area contributed by atoms with Gasteiger partial charge in [-0.25, -0.2) is 9.78 Å². The first-order valence-electron chi connectivity index (χ1n) is 5.71. The van der Waals surface area contributed by atoms with Gasteiger partial charge >= 0.3 is 6.03 Å². The second-order valence-corrected chi connectivity index (χ2v) is 4.14. The highest BCUT2D eigenvalue weighted by Gasteiger charge is 2.14. The summed E-state index contributed by atoms with van der Waals surface area (Å²) >= 11 is 0. The van der Waals surface area contributed by atoms with Crippen LogP contribution in [-0.2, 0) is 4.79 Å². The fourth-order valence-corrected chi connectivity index (χ4v) is 1.68. The second-order valence-electron chi connectivity index (χ2n) is 4.14. The van der Waals surface area contributed by atoms with Gasteiger partial charge in [0.15, 0.2) is 0 Å². The van der Waals surface area contributed by atoms with Crippen LogP contribution < -0.4 is 5.73 Å². The molecular formula is C13H14N4O2. The average Bonchev–Trinajstić information content (AvgIpc) is 2.87. The summed E-state index contributed by atoms with van der Waals surface area (Å²) in [5, 5.41) is 0. The smallest absolute Gasteiger partial charge is 0.329 e. The van der Waals surface area contributed by atoms with E-state index >= 15 is 0 Å². The van der Waals surface area contributed by atoms with Gasteiger partial charge in [-0.2, -0.15) is 0 Å². The van der Waals surface area contributed by atoms with Gasteiger partial charge in [-0.15, -0.1) is 0 Å². The van der Waals surface area contributed by atoms with Crippen molar-refractivity contribution in [3.8, 4) is 11.3 Å². The van der Waals surface area contributed by atoms with Crippen molar-refractivity contribution in [2.75, 3.05) is 13.6 Å². The van der Waals surface area contributed by atoms with Gasteiger partial charge < -0.3 is 10.6 Å². The molecule has 0 aliphatic heterocycles. The highest BCUT2D eigenvalue weighted by molar-refractivity contribution is 5.84. The van der Waals surface area contributed by atoms with Crippen LogP contribution in [0, 0.1) is 0 Å². The Labute approximate surface area is 110 Å². The standard InChI is InChI=1S/C13H14N4O2/c1-16(8-12(14)18)13(19)17-7-11(15-9-17)10-5-3-2-4-6-10/h2-7,9H,8H2,1H3,(H2,14,18). The molecule has 0 spiro atoms. The molecule has 0 fully saturated rings. The molecule has 0 aliphatic carbocycles. The van der Waals surface area contributed by atoms with Crippen molar-refractivity contribution >= 4 is 11.9 Å². The lowest BCUT2D eigenvalue weighted by Crippen LogP contribution is -2.37. The number of hydrogen-bond donors (Lipinski definition) is 1. The Morgan fingerprint density at radius 3 is 2.63 bits per heavy atom. The molecular weight excluding hydrogens is 244 g/mol. The van der Waals surface area contributed by atoms with Gasteiger partial charge in [0.25, 0.3) is 0 Å². The van der Waals surface area contributed by atoms with Gasteiger partial charge in [-0.1, -0.05) is 30.3 Å². The van der Waals surface area contributed by atoms with E-state index in [0.717, 1.165) is 5.56 Å². The fraction of sp³-hybridized carbons (Fsp3) is 0.154. The molecule has 1 aromatic heterocycles. The number of carbonyl (C=O) groups excluding carboxylic acids is 2. The first kappa shape index (κ1) is 12.8. The molecule has 0 atom stereocenters. The van der Waals surface area contributed by atoms with Crippen LogP contribution in [0.2, 0.25) is 0 Å². The molecule has 0 unspecified atom stereocenters. The first-order valence-corrected chi connectivity index (χ1v) is 5.71. The van der Waals surface area contributed by atoms with Crippen LogP contribution in [0.15, 0.2) is 42.9 Å². The molecule has 2 N–H and O–H groups in total. The zero-order valence-corrected chi connectivity index (χ0v) is 10.5. The lowest BCUT2D eigenvalue weighted by molar-refractivity contribution is -0.118. The number of aromatic nitrogens is 2. The SMILES string of the molecule is CN(CC(N)=O)C(=O)n1cnc(-c2ccccc2)c1. The topological polar surface area (TPSA) is 81.2 Å². The summed E-state index contributed by atoms with van der Waals surface area (Å²) in [5.74, 6) is -0.556. The van der Waals surface area contributed by atoms with E-state index in [-0.39, 0.29) is 12.6 Å². The molecule has 6 heteroatoms. The number of imidazole rings is 1. The summed E-state index contributed by atoms with van der Waals surface area (Å²) in [6, 6.07) is 9.17. The third kappa shape index (κ3) is 2.98. The van der Waals surface area contributed by atoms with Gasteiger partial charge in [0, 0.05) is 18.8 Å². The van der Waals surface area contributed by atoms with E-state index in [2.05, 4.69) is 4.98 Å². The summed E-state index contributed by atoms with van der Waals surface area (Å²) < 4.78 is 1.32. The van der Waals surface area contributed by atoms with Crippen molar-refractivity contribution in [2.45, 2.75) is 0 Å². The number of nitrogens with two attached hydrogens (primary N) is 1. The van der Waals surface area contributed by atoms with Crippen LogP contribution in [-0.4, -0.2) is 40.0 Å². The molecule has 0 saturated carbocycles. The maximum absolute atomic E-state index is 12.0. The number of rotatable bonds is 3. The Morgan fingerprint density at radius 2 is 2.00 bits per heavy atom. The molecule has 0 bridgehead atoms. The van der Waals surface area contributed by atoms with E-state index in [1.54, 1.807) is 6.20 Å². The largest absolute Gasteiger partial charge is 0.368 e. The fourth-order valence-electron chi connectivity index (χ4n) is 1.68. The van der Waals surface area contributed by atoms with Crippen molar-refractivity contribution in [3.63, 3.8) is 0 Å². The number of primary amides is 1. The second kappa shape index (κ2) is 5.34. The van der Waals surface area contributed by atoms with Crippen molar-refractivity contribution in [1.29, 1.82) is 0 Å². The average molecular weight is 258 g/mol. The van der Waals surface area contributed by atoms with E-state index in [1.165, 1.54) is 22.8 Å². The van der Waals surface area contributed by atoms with E-state index < -0.39 is 5.91 Å². The zero-order chi connectivity index (χ0) is 13.8. The predicted molar refractivity (Wildman–Crippen MR) is 70.3 cm³/mol. The molecule has 0 radical (unpaired) electrons. The van der Waals surface area contributed by atoms with Crippen molar-refractivity contribution < 1.29 is 9.59 Å². The molecule has 2 aromatic rings. The Morgan fingerprint density at radius 1 is 1.32 bits per heavy atom. The summed E-state index contributed by atoms with van der Waals surface area (Å²) in [7, 11) is 1.51. The number of benzene rings is 1. The summed E-state index contributed by atoms with van der Waals surface area (Å²) in [6.07, 6.45) is 3.04. The van der Waals surface area contributed by atoms with E-state index in [1.807, 2.05) is 30.3 Å². The molecule has 19 heavy (non-hydrogen) atoms. The van der Waals surface area contributed by atoms with Crippen LogP contribution in [0.5, 0.6) is 0 Å². The molecule has 1 aromatic carbocycles. The summed E-state index contributed by atoms with van der Waals surface area (Å²) in [5.41, 5.74) is 6.67. The maximum Gasteiger partial charge on any atom is 0.329 e. The highest BCUT2D eigenvalue weighted by atomic mass is 16.2. The maximum atomic E-state index is 12.0. The van der Waals surface area contributed by atoms with E-state index in [4.69, 9.17) is 5.73 Å². The Hall–Kier alpha value is -2.63. The van der Waals surface area contributed by atoms with Gasteiger partial charge in [0.05, 0.1) is 5.69 Å². The molecule has 6 nitrogen and oxygen atoms in total. The van der Waals surface area contributed by atoms with Crippen molar-refractivity contribution in [1.82, 2.24) is 14.5 Å². The van der Waals surface area contributed by atoms with Crippen molar-refractivity contribution in [3.05, 3.63) is 42.9 Å². The molecule has 2 rings (SSSR count). The normalized spacial score (nSPS) is 10.2. The van der Waals surface area contributed by atoms with Gasteiger partial charge in [-0.3, -0.25) is 9.36 Å². The minimum absolute atomic E-state index is 0.127. The van der Waals surface area contributed by atoms with Crippen LogP contribution in [0.3, 0.4) is 0 Å². The Bertz CT molecular complexity index is 592. The van der Waals surface area contributed by atoms with Crippen LogP contribution in [0.25, 0.3) is 11.3 Å². The zero-order valence-electron chi connectivity index (χ0n) is 10.5. The summed E-state index contributed by atoms with van der Waals surface area (Å²) in [4.78, 5) is 28.1. The minimum Gasteiger partial charge on any atom is -0.368 e. The number of carbonyl (C=O) groups is 2. The third-order valence-electron chi connectivity index (χ3n) is 2.59. The number of hydrogen-bond acceptors (Lipinski definition) is 3. The van der Waals surface area contributed by atoms with E-state index in [9.17, 15) is 9.59 Å². The Balaban J connectivity index is 2.17. The quantitative estimate of drug-likeness (QED) is 0.889. The van der Waals surface area contributed by atoms with Gasteiger partial charge in [-0.05, 0) is 0 Å². The number of likely N-dealkylation sites (N-methyl/N-ethyl adjacent to an activating group) is 1. The van der Waals surface area contributed by atoms with Gasteiger partial charge in [0.2, 0.25) is 5.91 Å². The van der Waals surface area contributed by atoms with Crippen LogP contribution >= 0.6 is 0 Å². The lowest BCUT2D eigenvalue weighted by atomic mass is 10.2. The molecule has 1 heterocycles. The highest BCUT2D eigenvalue weighted by Crippen LogP contribution is 2.16. The molecule has 0 saturated heterocycles. The van der Waals surface area contributed by atoms with Crippen LogP contribution in [0.4, 0.5) is 4.79 Å². The monoisotopic (exact) mass is 258 g/mol. The molecule has 0 aliphatic rings. The summed E-state index contributed by atoms with van der Waals surface area (Å²) in [6.45, 7) is -0.127. The van der Waals surface area contributed by atoms with E-state index in [0.29, 0.717) is 5.69 Å².